The zero-order valence-electron chi connectivity index (χ0n) is 20.9. The third-order valence-corrected chi connectivity index (χ3v) is 7.96. The van der Waals surface area contributed by atoms with Crippen LogP contribution in [0, 0.1) is 0 Å². The predicted molar refractivity (Wildman–Crippen MR) is 146 cm³/mol. The van der Waals surface area contributed by atoms with Crippen molar-refractivity contribution in [1.82, 2.24) is 10.2 Å². The van der Waals surface area contributed by atoms with Gasteiger partial charge in [-0.2, -0.15) is 0 Å². The van der Waals surface area contributed by atoms with E-state index in [1.807, 2.05) is 48.5 Å². The SMILES string of the molecule is O=C(NCCCc1ccccc1)[C@@H]1c2ccccc2C(=O)N([C@H]2CCCC[C@@H]2O)[C@H]1c1ccc(Cl)cc1. The van der Waals surface area contributed by atoms with E-state index < -0.39 is 18.1 Å². The number of rotatable bonds is 7. The topological polar surface area (TPSA) is 69.6 Å². The zero-order valence-corrected chi connectivity index (χ0v) is 21.6. The van der Waals surface area contributed by atoms with Gasteiger partial charge in [0.15, 0.2) is 0 Å². The number of carbonyl (C=O) groups is 2. The summed E-state index contributed by atoms with van der Waals surface area (Å²) in [5, 5.41) is 14.7. The van der Waals surface area contributed by atoms with Crippen LogP contribution >= 0.6 is 11.6 Å². The molecule has 5 nitrogen and oxygen atoms in total. The van der Waals surface area contributed by atoms with Gasteiger partial charge in [0.1, 0.15) is 0 Å². The Labute approximate surface area is 223 Å². The van der Waals surface area contributed by atoms with Crippen LogP contribution < -0.4 is 5.32 Å². The largest absolute Gasteiger partial charge is 0.391 e. The second-order valence-corrected chi connectivity index (χ2v) is 10.5. The molecule has 0 saturated heterocycles. The third kappa shape index (κ3) is 5.43. The van der Waals surface area contributed by atoms with Crippen LogP contribution in [0.3, 0.4) is 0 Å². The summed E-state index contributed by atoms with van der Waals surface area (Å²) >= 11 is 6.20. The molecule has 6 heteroatoms. The minimum atomic E-state index is -0.618. The summed E-state index contributed by atoms with van der Waals surface area (Å²) in [5.74, 6) is -0.834. The molecule has 3 aromatic rings. The molecule has 192 valence electrons. The highest BCUT2D eigenvalue weighted by atomic mass is 35.5. The van der Waals surface area contributed by atoms with Crippen LogP contribution in [-0.4, -0.2) is 40.5 Å². The number of nitrogens with one attached hydrogen (secondary N) is 1. The molecule has 0 aromatic heterocycles. The standard InChI is InChI=1S/C31H33ClN2O3/c32-23-18-16-22(17-19-23)29-28(30(36)33-20-8-11-21-9-2-1-3-10-21)24-12-4-5-13-25(24)31(37)34(29)26-14-6-7-15-27(26)35/h1-5,9-10,12-13,16-19,26-29,35H,6-8,11,14-15,20H2,(H,33,36)/t26-,27-,28+,29-/m0/s1. The Balaban J connectivity index is 1.49. The van der Waals surface area contributed by atoms with E-state index in [0.29, 0.717) is 30.0 Å². The molecule has 37 heavy (non-hydrogen) atoms. The van der Waals surface area contributed by atoms with Gasteiger partial charge in [0, 0.05) is 17.1 Å². The summed E-state index contributed by atoms with van der Waals surface area (Å²) in [6.45, 7) is 0.541. The van der Waals surface area contributed by atoms with Crippen molar-refractivity contribution in [3.8, 4) is 0 Å². The lowest BCUT2D eigenvalue weighted by atomic mass is 9.76. The van der Waals surface area contributed by atoms with Crippen LogP contribution in [-0.2, 0) is 11.2 Å². The molecular formula is C31H33ClN2O3. The molecule has 0 unspecified atom stereocenters. The first-order valence-corrected chi connectivity index (χ1v) is 13.6. The van der Waals surface area contributed by atoms with E-state index in [4.69, 9.17) is 11.6 Å². The second-order valence-electron chi connectivity index (χ2n) is 10.1. The Kier molecular flexibility index (Phi) is 7.92. The quantitative estimate of drug-likeness (QED) is 0.397. The average molecular weight is 517 g/mol. The van der Waals surface area contributed by atoms with Crippen LogP contribution in [0.1, 0.15) is 71.1 Å². The number of aliphatic hydroxyl groups excluding tert-OH is 1. The minimum Gasteiger partial charge on any atom is -0.391 e. The monoisotopic (exact) mass is 516 g/mol. The molecule has 1 aliphatic heterocycles. The Hall–Kier alpha value is -3.15. The van der Waals surface area contributed by atoms with Crippen molar-refractivity contribution in [2.45, 2.75) is 62.6 Å². The van der Waals surface area contributed by atoms with Gasteiger partial charge < -0.3 is 15.3 Å². The number of hydrogen-bond donors (Lipinski definition) is 2. The van der Waals surface area contributed by atoms with E-state index >= 15 is 0 Å². The molecule has 3 aromatic carbocycles. The number of halogens is 1. The van der Waals surface area contributed by atoms with Crippen molar-refractivity contribution >= 4 is 23.4 Å². The molecule has 4 atom stereocenters. The lowest BCUT2D eigenvalue weighted by Gasteiger charge is -2.48. The number of amides is 2. The summed E-state index contributed by atoms with van der Waals surface area (Å²) in [4.78, 5) is 29.7. The summed E-state index contributed by atoms with van der Waals surface area (Å²) in [6, 6.07) is 24.1. The highest BCUT2D eigenvalue weighted by Gasteiger charge is 2.48. The first kappa shape index (κ1) is 25.5. The maximum absolute atomic E-state index is 14.0. The fourth-order valence-electron chi connectivity index (χ4n) is 5.89. The Morgan fingerprint density at radius 2 is 1.65 bits per heavy atom. The molecule has 1 saturated carbocycles. The number of aryl methyl sites for hydroxylation is 1. The smallest absolute Gasteiger partial charge is 0.255 e. The van der Waals surface area contributed by atoms with Crippen LogP contribution in [0.15, 0.2) is 78.9 Å². The summed E-state index contributed by atoms with van der Waals surface area (Å²) in [5.41, 5.74) is 3.35. The Morgan fingerprint density at radius 1 is 0.946 bits per heavy atom. The van der Waals surface area contributed by atoms with Crippen molar-refractivity contribution in [3.05, 3.63) is 106 Å². The first-order valence-electron chi connectivity index (χ1n) is 13.2. The lowest BCUT2D eigenvalue weighted by molar-refractivity contribution is -0.125. The fourth-order valence-corrected chi connectivity index (χ4v) is 6.01. The molecule has 5 rings (SSSR count). The third-order valence-electron chi connectivity index (χ3n) is 7.71. The van der Waals surface area contributed by atoms with Gasteiger partial charge in [0.25, 0.3) is 5.91 Å². The zero-order chi connectivity index (χ0) is 25.8. The molecule has 0 spiro atoms. The molecule has 1 heterocycles. The van der Waals surface area contributed by atoms with Crippen molar-refractivity contribution in [1.29, 1.82) is 0 Å². The van der Waals surface area contributed by atoms with Crippen LogP contribution in [0.2, 0.25) is 5.02 Å². The van der Waals surface area contributed by atoms with Gasteiger partial charge in [-0.3, -0.25) is 9.59 Å². The molecular weight excluding hydrogens is 484 g/mol. The van der Waals surface area contributed by atoms with E-state index in [2.05, 4.69) is 17.4 Å². The Morgan fingerprint density at radius 3 is 2.41 bits per heavy atom. The fraction of sp³-hybridized carbons (Fsp3) is 0.355. The summed E-state index contributed by atoms with van der Waals surface area (Å²) in [6.07, 6.45) is 4.32. The molecule has 2 amide bonds. The minimum absolute atomic E-state index is 0.108. The van der Waals surface area contributed by atoms with Gasteiger partial charge in [-0.1, -0.05) is 85.1 Å². The number of nitrogens with zero attached hydrogens (tertiary/aromatic N) is 1. The highest BCUT2D eigenvalue weighted by molar-refractivity contribution is 6.30. The number of benzene rings is 3. The summed E-state index contributed by atoms with van der Waals surface area (Å²) in [7, 11) is 0. The van der Waals surface area contributed by atoms with Crippen molar-refractivity contribution in [2.24, 2.45) is 0 Å². The van der Waals surface area contributed by atoms with Crippen molar-refractivity contribution < 1.29 is 14.7 Å². The number of hydrogen-bond acceptors (Lipinski definition) is 3. The second kappa shape index (κ2) is 11.5. The van der Waals surface area contributed by atoms with Crippen LogP contribution in [0.4, 0.5) is 0 Å². The van der Waals surface area contributed by atoms with E-state index in [1.54, 1.807) is 23.1 Å². The first-order chi connectivity index (χ1) is 18.0. The van der Waals surface area contributed by atoms with Gasteiger partial charge in [0.2, 0.25) is 5.91 Å². The van der Waals surface area contributed by atoms with E-state index in [-0.39, 0.29) is 17.9 Å². The van der Waals surface area contributed by atoms with Gasteiger partial charge in [-0.05, 0) is 60.6 Å². The van der Waals surface area contributed by atoms with Crippen LogP contribution in [0.5, 0.6) is 0 Å². The van der Waals surface area contributed by atoms with Crippen molar-refractivity contribution in [2.75, 3.05) is 6.54 Å². The highest BCUT2D eigenvalue weighted by Crippen LogP contribution is 2.46. The van der Waals surface area contributed by atoms with Crippen LogP contribution in [0.25, 0.3) is 0 Å². The summed E-state index contributed by atoms with van der Waals surface area (Å²) < 4.78 is 0. The van der Waals surface area contributed by atoms with E-state index in [0.717, 1.165) is 36.8 Å². The molecule has 2 N–H and O–H groups in total. The maximum atomic E-state index is 14.0. The normalized spacial score (nSPS) is 23.4. The Bertz CT molecular complexity index is 1230. The van der Waals surface area contributed by atoms with Gasteiger partial charge in [-0.25, -0.2) is 0 Å². The number of aliphatic hydroxyl groups is 1. The molecule has 2 aliphatic rings. The number of fused-ring (bicyclic) bond motifs is 1. The average Bonchev–Trinajstić information content (AvgIpc) is 2.92. The molecule has 1 fully saturated rings. The molecule has 0 radical (unpaired) electrons. The van der Waals surface area contributed by atoms with Gasteiger partial charge in [0.05, 0.1) is 24.1 Å². The van der Waals surface area contributed by atoms with E-state index in [9.17, 15) is 14.7 Å². The van der Waals surface area contributed by atoms with Crippen molar-refractivity contribution in [3.63, 3.8) is 0 Å². The van der Waals surface area contributed by atoms with Gasteiger partial charge >= 0.3 is 0 Å². The molecule has 0 bridgehead atoms. The predicted octanol–water partition coefficient (Wildman–Crippen LogP) is 5.67. The maximum Gasteiger partial charge on any atom is 0.255 e. The molecule has 1 aliphatic carbocycles. The number of carbonyl (C=O) groups excluding carboxylic acids is 2. The lowest BCUT2D eigenvalue weighted by Crippen LogP contribution is -2.55. The van der Waals surface area contributed by atoms with Gasteiger partial charge in [-0.15, -0.1) is 0 Å². The van der Waals surface area contributed by atoms with E-state index in [1.165, 1.54) is 5.56 Å².